The van der Waals surface area contributed by atoms with E-state index in [0.717, 1.165) is 36.9 Å². The van der Waals surface area contributed by atoms with Gasteiger partial charge in [-0.2, -0.15) is 0 Å². The van der Waals surface area contributed by atoms with E-state index in [2.05, 4.69) is 47.9 Å². The average molecular weight is 306 g/mol. The minimum absolute atomic E-state index is 0.471. The Morgan fingerprint density at radius 1 is 1.33 bits per heavy atom. The van der Waals surface area contributed by atoms with Crippen LogP contribution in [-0.2, 0) is 13.1 Å². The van der Waals surface area contributed by atoms with Gasteiger partial charge in [0.25, 0.3) is 0 Å². The first-order valence-corrected chi connectivity index (χ1v) is 7.93. The molecule has 0 fully saturated rings. The van der Waals surface area contributed by atoms with Gasteiger partial charge in [0, 0.05) is 36.4 Å². The molecular weight excluding hydrogens is 282 g/mol. The van der Waals surface area contributed by atoms with Gasteiger partial charge in [0.1, 0.15) is 5.82 Å². The molecule has 0 atom stereocenters. The number of nitrogens with one attached hydrogen (secondary N) is 1. The lowest BCUT2D eigenvalue weighted by Crippen LogP contribution is -2.18. The monoisotopic (exact) mass is 305 g/mol. The Bertz CT molecular complexity index is 555. The summed E-state index contributed by atoms with van der Waals surface area (Å²) in [6.07, 6.45) is 5.03. The zero-order chi connectivity index (χ0) is 15.2. The van der Waals surface area contributed by atoms with E-state index in [4.69, 9.17) is 11.6 Å². The number of rotatable bonds is 7. The summed E-state index contributed by atoms with van der Waals surface area (Å²) in [5.74, 6) is 1.63. The molecule has 3 nitrogen and oxygen atoms in total. The van der Waals surface area contributed by atoms with Crippen LogP contribution in [0.2, 0.25) is 5.02 Å². The molecule has 0 unspecified atom stereocenters. The molecule has 4 heteroatoms. The maximum atomic E-state index is 6.23. The van der Waals surface area contributed by atoms with Crippen LogP contribution in [0.5, 0.6) is 0 Å². The number of halogens is 1. The highest BCUT2D eigenvalue weighted by Crippen LogP contribution is 2.19. The van der Waals surface area contributed by atoms with E-state index in [-0.39, 0.29) is 0 Å². The minimum Gasteiger partial charge on any atom is -0.335 e. The second-order valence-corrected chi connectivity index (χ2v) is 6.11. The smallest absolute Gasteiger partial charge is 0.111 e. The highest BCUT2D eigenvalue weighted by molar-refractivity contribution is 6.31. The number of nitrogens with zero attached hydrogens (tertiary/aromatic N) is 2. The van der Waals surface area contributed by atoms with E-state index >= 15 is 0 Å². The largest absolute Gasteiger partial charge is 0.335 e. The van der Waals surface area contributed by atoms with E-state index in [0.29, 0.717) is 5.92 Å². The standard InChI is InChI=1S/C17H24ClN3/c1-13(2)17-20-9-11-21(17)10-5-8-19-12-15-14(3)6-4-7-16(15)18/h4,6-7,9,11,13,19H,5,8,10,12H2,1-3H3. The molecule has 0 bridgehead atoms. The fraction of sp³-hybridized carbons (Fsp3) is 0.471. The van der Waals surface area contributed by atoms with Gasteiger partial charge >= 0.3 is 0 Å². The molecular formula is C17H24ClN3. The fourth-order valence-electron chi connectivity index (χ4n) is 2.49. The van der Waals surface area contributed by atoms with Crippen molar-refractivity contribution in [2.75, 3.05) is 6.54 Å². The molecule has 0 spiro atoms. The number of hydrogen-bond donors (Lipinski definition) is 1. The molecule has 0 aliphatic heterocycles. The maximum Gasteiger partial charge on any atom is 0.111 e. The minimum atomic E-state index is 0.471. The molecule has 0 aliphatic rings. The van der Waals surface area contributed by atoms with E-state index in [1.54, 1.807) is 0 Å². The Morgan fingerprint density at radius 2 is 2.14 bits per heavy atom. The van der Waals surface area contributed by atoms with Crippen molar-refractivity contribution in [1.29, 1.82) is 0 Å². The van der Waals surface area contributed by atoms with E-state index in [9.17, 15) is 0 Å². The molecule has 114 valence electrons. The summed E-state index contributed by atoms with van der Waals surface area (Å²) < 4.78 is 2.24. The molecule has 21 heavy (non-hydrogen) atoms. The summed E-state index contributed by atoms with van der Waals surface area (Å²) in [5, 5.41) is 4.32. The summed E-state index contributed by atoms with van der Waals surface area (Å²) in [6.45, 7) is 9.26. The molecule has 0 saturated heterocycles. The quantitative estimate of drug-likeness (QED) is 0.779. The van der Waals surface area contributed by atoms with Gasteiger partial charge in [-0.1, -0.05) is 37.6 Å². The maximum absolute atomic E-state index is 6.23. The second-order valence-electron chi connectivity index (χ2n) is 5.70. The Labute approximate surface area is 132 Å². The number of hydrogen-bond acceptors (Lipinski definition) is 2. The van der Waals surface area contributed by atoms with E-state index < -0.39 is 0 Å². The van der Waals surface area contributed by atoms with Crippen LogP contribution in [0.15, 0.2) is 30.6 Å². The Kier molecular flexibility index (Phi) is 5.83. The van der Waals surface area contributed by atoms with Crippen molar-refractivity contribution in [3.8, 4) is 0 Å². The van der Waals surface area contributed by atoms with Gasteiger partial charge in [0.2, 0.25) is 0 Å². The summed E-state index contributed by atoms with van der Waals surface area (Å²) in [4.78, 5) is 4.41. The first-order valence-electron chi connectivity index (χ1n) is 7.55. The van der Waals surface area contributed by atoms with Crippen LogP contribution in [0.25, 0.3) is 0 Å². The third-order valence-electron chi connectivity index (χ3n) is 3.67. The highest BCUT2D eigenvalue weighted by Gasteiger charge is 2.06. The van der Waals surface area contributed by atoms with Crippen molar-refractivity contribution in [2.24, 2.45) is 0 Å². The number of aromatic nitrogens is 2. The Balaban J connectivity index is 1.77. The Hall–Kier alpha value is -1.32. The van der Waals surface area contributed by atoms with Crippen LogP contribution in [0, 0.1) is 6.92 Å². The van der Waals surface area contributed by atoms with Crippen molar-refractivity contribution in [3.05, 3.63) is 52.6 Å². The lowest BCUT2D eigenvalue weighted by molar-refractivity contribution is 0.553. The van der Waals surface area contributed by atoms with Gasteiger partial charge < -0.3 is 9.88 Å². The predicted octanol–water partition coefficient (Wildman–Crippen LogP) is 4.15. The highest BCUT2D eigenvalue weighted by atomic mass is 35.5. The predicted molar refractivity (Wildman–Crippen MR) is 88.8 cm³/mol. The third-order valence-corrected chi connectivity index (χ3v) is 4.03. The van der Waals surface area contributed by atoms with Crippen LogP contribution in [0.4, 0.5) is 0 Å². The molecule has 0 saturated carbocycles. The van der Waals surface area contributed by atoms with E-state index in [1.807, 2.05) is 18.3 Å². The molecule has 0 aliphatic carbocycles. The number of benzene rings is 1. The van der Waals surface area contributed by atoms with Crippen LogP contribution < -0.4 is 5.32 Å². The zero-order valence-electron chi connectivity index (χ0n) is 13.1. The topological polar surface area (TPSA) is 29.9 Å². The normalized spacial score (nSPS) is 11.3. The number of aryl methyl sites for hydroxylation is 2. The van der Waals surface area contributed by atoms with E-state index in [1.165, 1.54) is 11.1 Å². The summed E-state index contributed by atoms with van der Waals surface area (Å²) >= 11 is 6.23. The van der Waals surface area contributed by atoms with Crippen LogP contribution in [0.3, 0.4) is 0 Å². The third kappa shape index (κ3) is 4.32. The van der Waals surface area contributed by atoms with Gasteiger partial charge in [0.15, 0.2) is 0 Å². The zero-order valence-corrected chi connectivity index (χ0v) is 13.8. The van der Waals surface area contributed by atoms with Crippen molar-refractivity contribution >= 4 is 11.6 Å². The Morgan fingerprint density at radius 3 is 2.86 bits per heavy atom. The molecule has 2 aromatic rings. The number of imidazole rings is 1. The summed E-state index contributed by atoms with van der Waals surface area (Å²) in [7, 11) is 0. The van der Waals surface area contributed by atoms with Crippen molar-refractivity contribution in [1.82, 2.24) is 14.9 Å². The van der Waals surface area contributed by atoms with Crippen molar-refractivity contribution in [3.63, 3.8) is 0 Å². The van der Waals surface area contributed by atoms with Gasteiger partial charge in [-0.3, -0.25) is 0 Å². The first kappa shape index (κ1) is 16.1. The van der Waals surface area contributed by atoms with Crippen molar-refractivity contribution in [2.45, 2.75) is 46.2 Å². The second kappa shape index (κ2) is 7.62. The first-order chi connectivity index (χ1) is 10.1. The molecule has 0 radical (unpaired) electrons. The van der Waals surface area contributed by atoms with Crippen LogP contribution in [0.1, 0.15) is 43.1 Å². The van der Waals surface area contributed by atoms with Gasteiger partial charge in [-0.05, 0) is 37.1 Å². The van der Waals surface area contributed by atoms with Crippen LogP contribution >= 0.6 is 11.6 Å². The molecule has 1 aromatic heterocycles. The SMILES string of the molecule is Cc1cccc(Cl)c1CNCCCn1ccnc1C(C)C. The lowest BCUT2D eigenvalue weighted by Gasteiger charge is -2.12. The summed E-state index contributed by atoms with van der Waals surface area (Å²) in [6, 6.07) is 6.04. The molecule has 1 aromatic carbocycles. The van der Waals surface area contributed by atoms with Crippen molar-refractivity contribution < 1.29 is 0 Å². The fourth-order valence-corrected chi connectivity index (χ4v) is 2.78. The molecule has 0 amide bonds. The average Bonchev–Trinajstić information content (AvgIpc) is 2.90. The van der Waals surface area contributed by atoms with Gasteiger partial charge in [0.05, 0.1) is 0 Å². The molecule has 1 N–H and O–H groups in total. The van der Waals surface area contributed by atoms with Crippen LogP contribution in [-0.4, -0.2) is 16.1 Å². The summed E-state index contributed by atoms with van der Waals surface area (Å²) in [5.41, 5.74) is 2.44. The van der Waals surface area contributed by atoms with Gasteiger partial charge in [-0.25, -0.2) is 4.98 Å². The van der Waals surface area contributed by atoms with Gasteiger partial charge in [-0.15, -0.1) is 0 Å². The lowest BCUT2D eigenvalue weighted by atomic mass is 10.1. The molecule has 1 heterocycles. The molecule has 2 rings (SSSR count).